The van der Waals surface area contributed by atoms with Gasteiger partial charge in [-0.3, -0.25) is 4.79 Å². The van der Waals surface area contributed by atoms with E-state index in [4.69, 9.17) is 0 Å². The Morgan fingerprint density at radius 2 is 1.92 bits per heavy atom. The summed E-state index contributed by atoms with van der Waals surface area (Å²) in [6, 6.07) is 11.4. The Kier molecular flexibility index (Phi) is 5.37. The maximum atomic E-state index is 11.9. The summed E-state index contributed by atoms with van der Waals surface area (Å²) in [6.45, 7) is 0. The quantitative estimate of drug-likeness (QED) is 0.659. The highest BCUT2D eigenvalue weighted by Crippen LogP contribution is 2.21. The molecule has 2 aromatic rings. The van der Waals surface area contributed by atoms with Gasteiger partial charge in [-0.25, -0.2) is 0 Å². The molecule has 0 bridgehead atoms. The van der Waals surface area contributed by atoms with Crippen LogP contribution in [0.4, 0.5) is 11.4 Å². The van der Waals surface area contributed by atoms with Crippen LogP contribution in [-0.4, -0.2) is 16.9 Å². The van der Waals surface area contributed by atoms with Crippen molar-refractivity contribution in [1.29, 1.82) is 5.26 Å². The van der Waals surface area contributed by atoms with Crippen molar-refractivity contribution in [2.24, 2.45) is 10.2 Å². The van der Waals surface area contributed by atoms with Crippen molar-refractivity contribution < 1.29 is 0 Å². The van der Waals surface area contributed by atoms with Crippen LogP contribution in [0.1, 0.15) is 43.2 Å². The van der Waals surface area contributed by atoms with Crippen molar-refractivity contribution in [3.63, 3.8) is 0 Å². The molecule has 1 saturated carbocycles. The molecule has 0 amide bonds. The van der Waals surface area contributed by atoms with E-state index in [1.54, 1.807) is 12.4 Å². The molecular formula is C19H19N5O. The molecule has 0 saturated heterocycles. The Morgan fingerprint density at radius 1 is 1.16 bits per heavy atom. The lowest BCUT2D eigenvalue weighted by atomic mass is 9.99. The fourth-order valence-corrected chi connectivity index (χ4v) is 2.79. The molecule has 6 heteroatoms. The molecule has 0 atom stereocenters. The van der Waals surface area contributed by atoms with Crippen molar-refractivity contribution in [1.82, 2.24) is 4.98 Å². The number of para-hydroxylation sites is 1. The van der Waals surface area contributed by atoms with E-state index in [1.807, 2.05) is 36.4 Å². The van der Waals surface area contributed by atoms with Gasteiger partial charge in [0, 0.05) is 23.2 Å². The summed E-state index contributed by atoms with van der Waals surface area (Å²) in [5, 5.41) is 20.9. The maximum Gasteiger partial charge on any atom is 0.268 e. The first-order chi connectivity index (χ1) is 12.3. The highest BCUT2D eigenvalue weighted by molar-refractivity contribution is 5.91. The molecule has 1 aromatic heterocycles. The van der Waals surface area contributed by atoms with Gasteiger partial charge in [0.1, 0.15) is 11.6 Å². The highest BCUT2D eigenvalue weighted by atomic mass is 16.1. The molecule has 0 radical (unpaired) electrons. The third-order valence-electron chi connectivity index (χ3n) is 4.11. The van der Waals surface area contributed by atoms with Crippen LogP contribution >= 0.6 is 0 Å². The van der Waals surface area contributed by atoms with Crippen LogP contribution in [0.3, 0.4) is 0 Å². The number of hydrogen-bond donors (Lipinski definition) is 2. The summed E-state index contributed by atoms with van der Waals surface area (Å²) in [5.74, 6) is 0. The number of aromatic amines is 1. The lowest BCUT2D eigenvalue weighted by Gasteiger charge is -2.11. The van der Waals surface area contributed by atoms with Crippen LogP contribution in [0.15, 0.2) is 51.5 Å². The van der Waals surface area contributed by atoms with Gasteiger partial charge in [0.15, 0.2) is 0 Å². The maximum absolute atomic E-state index is 11.9. The Labute approximate surface area is 145 Å². The van der Waals surface area contributed by atoms with Crippen molar-refractivity contribution >= 4 is 23.3 Å². The molecule has 0 unspecified atom stereocenters. The number of nitriles is 1. The van der Waals surface area contributed by atoms with Crippen LogP contribution in [-0.2, 0) is 0 Å². The Balaban J connectivity index is 1.93. The van der Waals surface area contributed by atoms with Gasteiger partial charge in [0.05, 0.1) is 11.9 Å². The van der Waals surface area contributed by atoms with E-state index in [0.29, 0.717) is 11.3 Å². The Morgan fingerprint density at radius 3 is 2.64 bits per heavy atom. The van der Waals surface area contributed by atoms with E-state index >= 15 is 0 Å². The second kappa shape index (κ2) is 8.06. The summed E-state index contributed by atoms with van der Waals surface area (Å²) >= 11 is 0. The predicted octanol–water partition coefficient (Wildman–Crippen LogP) is 3.73. The van der Waals surface area contributed by atoms with Crippen molar-refractivity contribution in [2.75, 3.05) is 5.32 Å². The van der Waals surface area contributed by atoms with E-state index in [1.165, 1.54) is 6.42 Å². The average molecular weight is 333 g/mol. The number of H-pyrrole nitrogens is 1. The summed E-state index contributed by atoms with van der Waals surface area (Å²) in [6.07, 6.45) is 8.66. The van der Waals surface area contributed by atoms with Crippen LogP contribution < -0.4 is 10.9 Å². The predicted molar refractivity (Wildman–Crippen MR) is 99.6 cm³/mol. The van der Waals surface area contributed by atoms with Gasteiger partial charge in [0.25, 0.3) is 5.56 Å². The molecule has 0 aliphatic heterocycles. The summed E-state index contributed by atoms with van der Waals surface area (Å²) in [5.41, 5.74) is 2.53. The minimum absolute atomic E-state index is 0.0260. The van der Waals surface area contributed by atoms with E-state index in [2.05, 4.69) is 20.5 Å². The van der Waals surface area contributed by atoms with Gasteiger partial charge in [-0.05, 0) is 37.8 Å². The lowest BCUT2D eigenvalue weighted by molar-refractivity contribution is 0.664. The van der Waals surface area contributed by atoms with Crippen molar-refractivity contribution in [3.05, 3.63) is 58.0 Å². The van der Waals surface area contributed by atoms with E-state index in [0.717, 1.165) is 37.1 Å². The fourth-order valence-electron chi connectivity index (χ4n) is 2.79. The van der Waals surface area contributed by atoms with Gasteiger partial charge >= 0.3 is 0 Å². The van der Waals surface area contributed by atoms with E-state index in [9.17, 15) is 10.1 Å². The summed E-state index contributed by atoms with van der Waals surface area (Å²) in [7, 11) is 0. The van der Waals surface area contributed by atoms with Gasteiger partial charge in [-0.15, -0.1) is 0 Å². The topological polar surface area (TPSA) is 93.4 Å². The SMILES string of the molecule is N#Cc1c(Nc2ccccc2)c(/C=N\N=C2CCCCC2)c[nH]c1=O. The first-order valence-corrected chi connectivity index (χ1v) is 8.34. The first kappa shape index (κ1) is 16.7. The molecule has 0 spiro atoms. The van der Waals surface area contributed by atoms with Gasteiger partial charge in [-0.2, -0.15) is 15.5 Å². The lowest BCUT2D eigenvalue weighted by Crippen LogP contribution is -2.14. The number of anilines is 2. The molecule has 6 nitrogen and oxygen atoms in total. The Bertz CT molecular complexity index is 882. The second-order valence-corrected chi connectivity index (χ2v) is 5.90. The third kappa shape index (κ3) is 4.21. The molecule has 1 fully saturated rings. The molecule has 1 heterocycles. The standard InChI is InChI=1S/C19H19N5O/c20-11-17-18(23-15-7-3-1-4-8-15)14(12-21-19(17)25)13-22-24-16-9-5-2-6-10-16/h1,3-4,7-8,12-13H,2,5-6,9-10H2,(H2,21,23,25)/b22-13-. The molecular weight excluding hydrogens is 314 g/mol. The smallest absolute Gasteiger partial charge is 0.268 e. The van der Waals surface area contributed by atoms with Crippen LogP contribution in [0.2, 0.25) is 0 Å². The number of rotatable bonds is 4. The van der Waals surface area contributed by atoms with Crippen molar-refractivity contribution in [2.45, 2.75) is 32.1 Å². The monoisotopic (exact) mass is 333 g/mol. The molecule has 126 valence electrons. The highest BCUT2D eigenvalue weighted by Gasteiger charge is 2.12. The van der Waals surface area contributed by atoms with E-state index < -0.39 is 5.56 Å². The zero-order chi connectivity index (χ0) is 17.5. The number of aromatic nitrogens is 1. The van der Waals surface area contributed by atoms with Gasteiger partial charge < -0.3 is 10.3 Å². The zero-order valence-electron chi connectivity index (χ0n) is 13.8. The van der Waals surface area contributed by atoms with Gasteiger partial charge in [-0.1, -0.05) is 24.6 Å². The zero-order valence-corrected chi connectivity index (χ0v) is 13.8. The molecule has 1 aliphatic carbocycles. The molecule has 3 rings (SSSR count). The first-order valence-electron chi connectivity index (χ1n) is 8.34. The van der Waals surface area contributed by atoms with Crippen molar-refractivity contribution in [3.8, 4) is 6.07 Å². The number of benzene rings is 1. The number of nitrogens with zero attached hydrogens (tertiary/aromatic N) is 3. The minimum Gasteiger partial charge on any atom is -0.354 e. The number of hydrogen-bond acceptors (Lipinski definition) is 5. The van der Waals surface area contributed by atoms with Crippen LogP contribution in [0.5, 0.6) is 0 Å². The van der Waals surface area contributed by atoms with Gasteiger partial charge in [0.2, 0.25) is 0 Å². The molecule has 1 aliphatic rings. The average Bonchev–Trinajstić information content (AvgIpc) is 2.65. The summed E-state index contributed by atoms with van der Waals surface area (Å²) in [4.78, 5) is 14.5. The normalized spacial score (nSPS) is 14.3. The number of pyridine rings is 1. The minimum atomic E-state index is -0.434. The molecule has 1 aromatic carbocycles. The second-order valence-electron chi connectivity index (χ2n) is 5.90. The number of nitrogens with one attached hydrogen (secondary N) is 2. The van der Waals surface area contributed by atoms with E-state index in [-0.39, 0.29) is 5.56 Å². The molecule has 25 heavy (non-hydrogen) atoms. The fraction of sp³-hybridized carbons (Fsp3) is 0.263. The third-order valence-corrected chi connectivity index (χ3v) is 4.11. The van der Waals surface area contributed by atoms with Crippen LogP contribution in [0, 0.1) is 11.3 Å². The van der Waals surface area contributed by atoms with Crippen LogP contribution in [0.25, 0.3) is 0 Å². The Hall–Kier alpha value is -3.20. The summed E-state index contributed by atoms with van der Waals surface area (Å²) < 4.78 is 0. The molecule has 2 N–H and O–H groups in total. The largest absolute Gasteiger partial charge is 0.354 e.